The molecule has 0 aliphatic carbocycles. The van der Waals surface area contributed by atoms with Crippen LogP contribution < -0.4 is 10.6 Å². The van der Waals surface area contributed by atoms with Gasteiger partial charge in [-0.2, -0.15) is 0 Å². The summed E-state index contributed by atoms with van der Waals surface area (Å²) in [7, 11) is 1.74. The zero-order valence-corrected chi connectivity index (χ0v) is 16.0. The molecule has 0 unspecified atom stereocenters. The van der Waals surface area contributed by atoms with E-state index < -0.39 is 0 Å². The number of benzene rings is 2. The third-order valence-corrected chi connectivity index (χ3v) is 3.45. The van der Waals surface area contributed by atoms with Crippen LogP contribution in [0.1, 0.15) is 22.3 Å². The predicted molar refractivity (Wildman–Crippen MR) is 105 cm³/mol. The average molecular weight is 427 g/mol. The molecule has 0 heterocycles. The Labute approximate surface area is 154 Å². The lowest BCUT2D eigenvalue weighted by Crippen LogP contribution is -2.36. The van der Waals surface area contributed by atoms with Crippen molar-refractivity contribution in [3.8, 4) is 0 Å². The van der Waals surface area contributed by atoms with Gasteiger partial charge in [0.1, 0.15) is 5.82 Å². The minimum Gasteiger partial charge on any atom is -0.352 e. The van der Waals surface area contributed by atoms with Crippen molar-refractivity contribution in [1.82, 2.24) is 10.6 Å². The number of aliphatic imine (C=N–C) groups is 1. The van der Waals surface area contributed by atoms with Crippen molar-refractivity contribution >= 4 is 29.9 Å². The molecule has 124 valence electrons. The molecule has 5 heteroatoms. The summed E-state index contributed by atoms with van der Waals surface area (Å²) >= 11 is 0. The fourth-order valence-corrected chi connectivity index (χ4v) is 2.23. The first kappa shape index (κ1) is 19.4. The highest BCUT2D eigenvalue weighted by molar-refractivity contribution is 14.0. The molecule has 0 radical (unpaired) electrons. The van der Waals surface area contributed by atoms with Gasteiger partial charge in [0.15, 0.2) is 5.96 Å². The Kier molecular flexibility index (Phi) is 8.02. The molecule has 23 heavy (non-hydrogen) atoms. The van der Waals surface area contributed by atoms with Crippen LogP contribution in [0.25, 0.3) is 0 Å². The highest BCUT2D eigenvalue weighted by Crippen LogP contribution is 2.09. The molecule has 2 aromatic carbocycles. The van der Waals surface area contributed by atoms with E-state index in [0.717, 1.165) is 11.5 Å². The van der Waals surface area contributed by atoms with Gasteiger partial charge in [0.25, 0.3) is 0 Å². The van der Waals surface area contributed by atoms with E-state index in [1.807, 2.05) is 12.1 Å². The second-order valence-electron chi connectivity index (χ2n) is 5.35. The number of rotatable bonds is 4. The number of aryl methyl sites for hydroxylation is 2. The quantitative estimate of drug-likeness (QED) is 0.441. The average Bonchev–Trinajstić information content (AvgIpc) is 2.51. The summed E-state index contributed by atoms with van der Waals surface area (Å²) < 4.78 is 13.2. The fourth-order valence-electron chi connectivity index (χ4n) is 2.23. The maximum Gasteiger partial charge on any atom is 0.191 e. The van der Waals surface area contributed by atoms with Crippen LogP contribution in [0.4, 0.5) is 4.39 Å². The number of hydrogen-bond donors (Lipinski definition) is 2. The Morgan fingerprint density at radius 2 is 1.65 bits per heavy atom. The molecule has 0 fully saturated rings. The minimum absolute atomic E-state index is 0. The van der Waals surface area contributed by atoms with Gasteiger partial charge in [-0.1, -0.05) is 42.0 Å². The first-order valence-electron chi connectivity index (χ1n) is 7.33. The van der Waals surface area contributed by atoms with Crippen molar-refractivity contribution in [2.45, 2.75) is 26.9 Å². The van der Waals surface area contributed by atoms with Crippen molar-refractivity contribution in [2.24, 2.45) is 4.99 Å². The second kappa shape index (κ2) is 9.50. The monoisotopic (exact) mass is 427 g/mol. The molecular weight excluding hydrogens is 404 g/mol. The normalized spacial score (nSPS) is 10.9. The van der Waals surface area contributed by atoms with E-state index in [9.17, 15) is 4.39 Å². The summed E-state index contributed by atoms with van der Waals surface area (Å²) in [6.07, 6.45) is 0. The number of nitrogens with zero attached hydrogens (tertiary/aromatic N) is 1. The van der Waals surface area contributed by atoms with E-state index in [0.29, 0.717) is 18.7 Å². The number of nitrogens with one attached hydrogen (secondary N) is 2. The van der Waals surface area contributed by atoms with Crippen LogP contribution >= 0.6 is 24.0 Å². The van der Waals surface area contributed by atoms with Crippen LogP contribution in [-0.2, 0) is 13.1 Å². The molecule has 0 aliphatic rings. The summed E-state index contributed by atoms with van der Waals surface area (Å²) in [5.74, 6) is 0.550. The van der Waals surface area contributed by atoms with E-state index in [2.05, 4.69) is 40.7 Å². The van der Waals surface area contributed by atoms with Gasteiger partial charge in [0.2, 0.25) is 0 Å². The van der Waals surface area contributed by atoms with Crippen LogP contribution in [0, 0.1) is 19.7 Å². The van der Waals surface area contributed by atoms with Crippen molar-refractivity contribution in [3.05, 3.63) is 70.5 Å². The summed E-state index contributed by atoms with van der Waals surface area (Å²) in [5, 5.41) is 6.51. The van der Waals surface area contributed by atoms with E-state index in [1.54, 1.807) is 20.0 Å². The van der Waals surface area contributed by atoms with Gasteiger partial charge < -0.3 is 10.6 Å². The molecule has 2 N–H and O–H groups in total. The summed E-state index contributed by atoms with van der Waals surface area (Å²) in [6, 6.07) is 13.5. The van der Waals surface area contributed by atoms with E-state index >= 15 is 0 Å². The fraction of sp³-hybridized carbons (Fsp3) is 0.278. The highest BCUT2D eigenvalue weighted by atomic mass is 127. The third-order valence-electron chi connectivity index (χ3n) is 3.45. The molecule has 0 atom stereocenters. The smallest absolute Gasteiger partial charge is 0.191 e. The molecule has 0 bridgehead atoms. The van der Waals surface area contributed by atoms with Crippen molar-refractivity contribution in [3.63, 3.8) is 0 Å². The Hall–Kier alpha value is -1.63. The van der Waals surface area contributed by atoms with Crippen molar-refractivity contribution in [2.75, 3.05) is 7.05 Å². The van der Waals surface area contributed by atoms with Crippen LogP contribution in [-0.4, -0.2) is 13.0 Å². The standard InChI is InChI=1S/C18H22FN3.HI/c1-13-5-4-6-15(9-13)11-21-18(20-3)22-12-16-7-8-17(19)14(2)10-16;/h4-10H,11-12H2,1-3H3,(H2,20,21,22);1H. The van der Waals surface area contributed by atoms with Gasteiger partial charge in [0, 0.05) is 20.1 Å². The lowest BCUT2D eigenvalue weighted by atomic mass is 10.1. The van der Waals surface area contributed by atoms with Crippen LogP contribution in [0.5, 0.6) is 0 Å². The van der Waals surface area contributed by atoms with E-state index in [-0.39, 0.29) is 29.8 Å². The summed E-state index contributed by atoms with van der Waals surface area (Å²) in [5.41, 5.74) is 4.13. The molecule has 2 aromatic rings. The maximum absolute atomic E-state index is 13.2. The van der Waals surface area contributed by atoms with Gasteiger partial charge in [-0.3, -0.25) is 4.99 Å². The van der Waals surface area contributed by atoms with Crippen LogP contribution in [0.3, 0.4) is 0 Å². The number of halogens is 2. The van der Waals surface area contributed by atoms with Gasteiger partial charge in [0.05, 0.1) is 0 Å². The van der Waals surface area contributed by atoms with Gasteiger partial charge in [-0.05, 0) is 36.6 Å². The van der Waals surface area contributed by atoms with Crippen LogP contribution in [0.15, 0.2) is 47.5 Å². The molecule has 2 rings (SSSR count). The lowest BCUT2D eigenvalue weighted by molar-refractivity contribution is 0.617. The molecule has 0 spiro atoms. The number of hydrogen-bond acceptors (Lipinski definition) is 1. The molecule has 0 saturated carbocycles. The van der Waals surface area contributed by atoms with Gasteiger partial charge in [-0.15, -0.1) is 24.0 Å². The minimum atomic E-state index is -0.175. The Bertz CT molecular complexity index is 671. The van der Waals surface area contributed by atoms with E-state index in [1.165, 1.54) is 17.2 Å². The van der Waals surface area contributed by atoms with Crippen molar-refractivity contribution < 1.29 is 4.39 Å². The van der Waals surface area contributed by atoms with Gasteiger partial charge >= 0.3 is 0 Å². The molecule has 0 aliphatic heterocycles. The second-order valence-corrected chi connectivity index (χ2v) is 5.35. The largest absolute Gasteiger partial charge is 0.352 e. The summed E-state index contributed by atoms with van der Waals surface area (Å²) in [4.78, 5) is 4.20. The third kappa shape index (κ3) is 6.17. The van der Waals surface area contributed by atoms with Crippen molar-refractivity contribution in [1.29, 1.82) is 0 Å². The zero-order valence-electron chi connectivity index (χ0n) is 13.7. The molecule has 0 amide bonds. The van der Waals surface area contributed by atoms with Gasteiger partial charge in [-0.25, -0.2) is 4.39 Å². The maximum atomic E-state index is 13.2. The molecule has 0 saturated heterocycles. The zero-order chi connectivity index (χ0) is 15.9. The first-order valence-corrected chi connectivity index (χ1v) is 7.33. The SMILES string of the molecule is CN=C(NCc1cccc(C)c1)NCc1ccc(F)c(C)c1.I. The van der Waals surface area contributed by atoms with E-state index in [4.69, 9.17) is 0 Å². The Morgan fingerprint density at radius 3 is 2.22 bits per heavy atom. The molecular formula is C18H23FIN3. The first-order chi connectivity index (χ1) is 10.6. The topological polar surface area (TPSA) is 36.4 Å². The number of guanidine groups is 1. The molecule has 3 nitrogen and oxygen atoms in total. The summed E-state index contributed by atoms with van der Waals surface area (Å²) in [6.45, 7) is 5.16. The highest BCUT2D eigenvalue weighted by Gasteiger charge is 2.02. The van der Waals surface area contributed by atoms with Crippen LogP contribution in [0.2, 0.25) is 0 Å². The lowest BCUT2D eigenvalue weighted by Gasteiger charge is -2.12. The predicted octanol–water partition coefficient (Wildman–Crippen LogP) is 3.93. The Balaban J connectivity index is 0.00000264. The Morgan fingerprint density at radius 1 is 1.00 bits per heavy atom. The molecule has 0 aromatic heterocycles.